The summed E-state index contributed by atoms with van der Waals surface area (Å²) in [5, 5.41) is 0. The number of hydrogen-bond acceptors (Lipinski definition) is 1. The summed E-state index contributed by atoms with van der Waals surface area (Å²) in [6.45, 7) is 3.33. The molecule has 16 heavy (non-hydrogen) atoms. The molecule has 1 aromatic rings. The van der Waals surface area contributed by atoms with Crippen LogP contribution in [-0.4, -0.2) is 0 Å². The zero-order valence-electron chi connectivity index (χ0n) is 9.03. The maximum atomic E-state index is 13.5. The number of halogens is 4. The second-order valence-electron chi connectivity index (χ2n) is 3.96. The van der Waals surface area contributed by atoms with Crippen LogP contribution in [0.5, 0.6) is 0 Å². The Labute approximate surface area is 91.3 Å². The monoisotopic (exact) mass is 235 g/mol. The highest BCUT2D eigenvalue weighted by molar-refractivity contribution is 5.30. The highest BCUT2D eigenvalue weighted by atomic mass is 19.4. The van der Waals surface area contributed by atoms with E-state index in [0.29, 0.717) is 12.5 Å². The van der Waals surface area contributed by atoms with Gasteiger partial charge in [0.2, 0.25) is 0 Å². The first-order valence-corrected chi connectivity index (χ1v) is 4.84. The molecule has 0 saturated heterocycles. The summed E-state index contributed by atoms with van der Waals surface area (Å²) in [5.41, 5.74) is 3.93. The van der Waals surface area contributed by atoms with Gasteiger partial charge < -0.3 is 5.73 Å². The number of rotatable bonds is 2. The van der Waals surface area contributed by atoms with Gasteiger partial charge in [-0.25, -0.2) is 4.39 Å². The molecule has 1 unspecified atom stereocenters. The van der Waals surface area contributed by atoms with E-state index in [0.717, 1.165) is 12.1 Å². The minimum absolute atomic E-state index is 0.100. The Morgan fingerprint density at radius 2 is 1.81 bits per heavy atom. The third kappa shape index (κ3) is 2.52. The van der Waals surface area contributed by atoms with Crippen LogP contribution in [0.2, 0.25) is 0 Å². The fourth-order valence-corrected chi connectivity index (χ4v) is 1.35. The molecule has 5 heteroatoms. The fraction of sp³-hybridized carbons (Fsp3) is 0.455. The first-order chi connectivity index (χ1) is 7.18. The van der Waals surface area contributed by atoms with E-state index in [1.54, 1.807) is 13.8 Å². The molecule has 0 heterocycles. The lowest BCUT2D eigenvalue weighted by Crippen LogP contribution is -2.33. The van der Waals surface area contributed by atoms with E-state index in [1.165, 1.54) is 0 Å². The van der Waals surface area contributed by atoms with Crippen molar-refractivity contribution in [3.63, 3.8) is 0 Å². The van der Waals surface area contributed by atoms with E-state index < -0.39 is 23.1 Å². The molecule has 0 aliphatic heterocycles. The lowest BCUT2D eigenvalue weighted by atomic mass is 9.89. The van der Waals surface area contributed by atoms with E-state index in [4.69, 9.17) is 5.73 Å². The Hall–Kier alpha value is -1.10. The molecular formula is C11H13F4N. The Bertz CT molecular complexity index is 382. The van der Waals surface area contributed by atoms with Crippen LogP contribution < -0.4 is 5.73 Å². The number of nitrogens with two attached hydrogens (primary N) is 1. The van der Waals surface area contributed by atoms with Gasteiger partial charge in [-0.2, -0.15) is 13.2 Å². The molecular weight excluding hydrogens is 222 g/mol. The molecule has 0 aliphatic rings. The smallest absolute Gasteiger partial charge is 0.322 e. The Morgan fingerprint density at radius 3 is 2.19 bits per heavy atom. The number of benzene rings is 1. The van der Waals surface area contributed by atoms with Crippen molar-refractivity contribution >= 4 is 0 Å². The maximum Gasteiger partial charge on any atom is 0.416 e. The van der Waals surface area contributed by atoms with Gasteiger partial charge in [-0.3, -0.25) is 0 Å². The van der Waals surface area contributed by atoms with Gasteiger partial charge in [0, 0.05) is 11.1 Å². The van der Waals surface area contributed by atoms with E-state index in [2.05, 4.69) is 0 Å². The van der Waals surface area contributed by atoms with Crippen LogP contribution in [0.4, 0.5) is 17.6 Å². The van der Waals surface area contributed by atoms with Crippen LogP contribution in [-0.2, 0) is 11.7 Å². The summed E-state index contributed by atoms with van der Waals surface area (Å²) < 4.78 is 50.3. The summed E-state index contributed by atoms with van der Waals surface area (Å²) in [5.74, 6) is -0.915. The molecule has 1 aromatic carbocycles. The fourth-order valence-electron chi connectivity index (χ4n) is 1.35. The molecule has 1 nitrogen and oxygen atoms in total. The van der Waals surface area contributed by atoms with Crippen LogP contribution in [0.15, 0.2) is 18.2 Å². The molecule has 1 atom stereocenters. The molecule has 0 aliphatic carbocycles. The van der Waals surface area contributed by atoms with Crippen molar-refractivity contribution in [1.82, 2.24) is 0 Å². The van der Waals surface area contributed by atoms with Crippen LogP contribution in [0.1, 0.15) is 31.4 Å². The minimum atomic E-state index is -4.53. The maximum absolute atomic E-state index is 13.5. The first-order valence-electron chi connectivity index (χ1n) is 4.84. The van der Waals surface area contributed by atoms with E-state index in [9.17, 15) is 17.6 Å². The summed E-state index contributed by atoms with van der Waals surface area (Å²) in [6, 6.07) is 2.43. The van der Waals surface area contributed by atoms with Gasteiger partial charge in [-0.05, 0) is 25.5 Å². The van der Waals surface area contributed by atoms with E-state index in [-0.39, 0.29) is 5.56 Å². The molecule has 0 aromatic heterocycles. The van der Waals surface area contributed by atoms with Crippen molar-refractivity contribution in [2.45, 2.75) is 32.0 Å². The number of hydrogen-bond donors (Lipinski definition) is 1. The average Bonchev–Trinajstić information content (AvgIpc) is 2.16. The lowest BCUT2D eigenvalue weighted by Gasteiger charge is -2.24. The lowest BCUT2D eigenvalue weighted by molar-refractivity contribution is -0.137. The van der Waals surface area contributed by atoms with Crippen LogP contribution in [0, 0.1) is 5.82 Å². The van der Waals surface area contributed by atoms with E-state index >= 15 is 0 Å². The standard InChI is InChI=1S/C11H13F4N/c1-3-10(2,16)8-5-4-7(6-9(8)12)11(13,14)15/h4-6H,3,16H2,1-2H3. The van der Waals surface area contributed by atoms with Gasteiger partial charge in [0.25, 0.3) is 0 Å². The predicted molar refractivity (Wildman–Crippen MR) is 53.2 cm³/mol. The van der Waals surface area contributed by atoms with Gasteiger partial charge in [0.1, 0.15) is 5.82 Å². The largest absolute Gasteiger partial charge is 0.416 e. The molecule has 0 saturated carbocycles. The summed E-state index contributed by atoms with van der Waals surface area (Å²) in [4.78, 5) is 0. The molecule has 90 valence electrons. The zero-order chi connectivity index (χ0) is 12.6. The molecule has 0 amide bonds. The van der Waals surface area contributed by atoms with Crippen molar-refractivity contribution in [1.29, 1.82) is 0 Å². The predicted octanol–water partition coefficient (Wildman–Crippen LogP) is 3.43. The van der Waals surface area contributed by atoms with Gasteiger partial charge >= 0.3 is 6.18 Å². The highest BCUT2D eigenvalue weighted by Gasteiger charge is 2.32. The second kappa shape index (κ2) is 4.05. The van der Waals surface area contributed by atoms with Gasteiger partial charge in [-0.1, -0.05) is 13.0 Å². The molecule has 1 rings (SSSR count). The number of alkyl halides is 3. The zero-order valence-corrected chi connectivity index (χ0v) is 9.03. The van der Waals surface area contributed by atoms with Crippen LogP contribution >= 0.6 is 0 Å². The first kappa shape index (κ1) is 13.0. The van der Waals surface area contributed by atoms with Gasteiger partial charge in [-0.15, -0.1) is 0 Å². The Morgan fingerprint density at radius 1 is 1.25 bits per heavy atom. The van der Waals surface area contributed by atoms with Gasteiger partial charge in [0.15, 0.2) is 0 Å². The third-order valence-electron chi connectivity index (χ3n) is 2.65. The summed E-state index contributed by atoms with van der Waals surface area (Å²) in [6.07, 6.45) is -4.09. The molecule has 0 fully saturated rings. The topological polar surface area (TPSA) is 26.0 Å². The Balaban J connectivity index is 3.20. The SMILES string of the molecule is CCC(C)(N)c1ccc(C(F)(F)F)cc1F. The van der Waals surface area contributed by atoms with Crippen LogP contribution in [0.3, 0.4) is 0 Å². The highest BCUT2D eigenvalue weighted by Crippen LogP contribution is 2.32. The second-order valence-corrected chi connectivity index (χ2v) is 3.96. The van der Waals surface area contributed by atoms with Crippen molar-refractivity contribution in [2.75, 3.05) is 0 Å². The minimum Gasteiger partial charge on any atom is -0.322 e. The Kier molecular flexibility index (Phi) is 3.28. The molecule has 0 bridgehead atoms. The van der Waals surface area contributed by atoms with Crippen molar-refractivity contribution < 1.29 is 17.6 Å². The normalized spacial score (nSPS) is 15.9. The van der Waals surface area contributed by atoms with Crippen LogP contribution in [0.25, 0.3) is 0 Å². The average molecular weight is 235 g/mol. The van der Waals surface area contributed by atoms with Crippen molar-refractivity contribution in [2.24, 2.45) is 5.73 Å². The molecule has 0 radical (unpaired) electrons. The van der Waals surface area contributed by atoms with E-state index in [1.807, 2.05) is 0 Å². The third-order valence-corrected chi connectivity index (χ3v) is 2.65. The summed E-state index contributed by atoms with van der Waals surface area (Å²) >= 11 is 0. The molecule has 0 spiro atoms. The summed E-state index contributed by atoms with van der Waals surface area (Å²) in [7, 11) is 0. The van der Waals surface area contributed by atoms with Crippen molar-refractivity contribution in [3.05, 3.63) is 35.1 Å². The van der Waals surface area contributed by atoms with Crippen molar-refractivity contribution in [3.8, 4) is 0 Å². The van der Waals surface area contributed by atoms with Gasteiger partial charge in [0.05, 0.1) is 5.56 Å². The quantitative estimate of drug-likeness (QED) is 0.781. The molecule has 2 N–H and O–H groups in total.